The maximum Gasteiger partial charge on any atom is 0 e. The van der Waals surface area contributed by atoms with Crippen LogP contribution in [0.1, 0.15) is 0 Å². The van der Waals surface area contributed by atoms with Gasteiger partial charge in [-0.05, 0) is 0 Å². The number of rotatable bonds is 0. The maximum absolute atomic E-state index is 8.44. The van der Waals surface area contributed by atoms with Crippen molar-refractivity contribution in [1.29, 1.82) is 0 Å². The predicted molar refractivity (Wildman–Crippen MR) is 15.7 cm³/mol. The summed E-state index contributed by atoms with van der Waals surface area (Å²) in [6.07, 6.45) is 0. The van der Waals surface area contributed by atoms with E-state index in [1.807, 2.05) is 0 Å². The molecule has 0 aromatic carbocycles. The number of hydrogen-bond donors (Lipinski definition) is 1. The van der Waals surface area contributed by atoms with Gasteiger partial charge >= 0.3 is 0 Å². The van der Waals surface area contributed by atoms with Gasteiger partial charge < -0.3 is 15.3 Å². The van der Waals surface area contributed by atoms with Gasteiger partial charge in [0.2, 0.25) is 0 Å². The number of hydrogen-bond acceptors (Lipinski definition) is 3. The van der Waals surface area contributed by atoms with Gasteiger partial charge in [0.15, 0.2) is 0 Å². The van der Waals surface area contributed by atoms with Crippen LogP contribution in [-0.4, -0.2) is 13.3 Å². The maximum atomic E-state index is 8.44. The molecule has 1 radical (unpaired) electrons. The van der Waals surface area contributed by atoms with E-state index in [2.05, 4.69) is 0 Å². The van der Waals surface area contributed by atoms with Crippen LogP contribution in [0.4, 0.5) is 0 Å². The van der Waals surface area contributed by atoms with E-state index in [9.17, 15) is 0 Å². The van der Waals surface area contributed by atoms with E-state index >= 15 is 0 Å². The molecule has 0 rings (SSSR count). The summed E-state index contributed by atoms with van der Waals surface area (Å²) < 4.78 is 25.3. The van der Waals surface area contributed by atoms with Crippen LogP contribution >= 0.6 is 0 Å². The average molecular weight is 153 g/mol. The smallest absolute Gasteiger partial charge is 0 e. The fourth-order valence-electron chi connectivity index (χ4n) is 0. The van der Waals surface area contributed by atoms with Crippen molar-refractivity contribution in [2.75, 3.05) is 0 Å². The van der Waals surface area contributed by atoms with Crippen LogP contribution < -0.4 is 6.15 Å². The standard InChI is InChI=1S/Mn.H3N.H2O3S/c;;1-4(2)3/h;1H3;(H2,1,2,3)/p-1. The topological polar surface area (TPSA) is 99.7 Å². The summed E-state index contributed by atoms with van der Waals surface area (Å²) in [6.45, 7) is 0. The molecule has 41 valence electrons. The Labute approximate surface area is 48.5 Å². The molecule has 0 aliphatic carbocycles. The molecule has 4 N–H and O–H groups in total. The molecule has 6 heteroatoms. The molecule has 0 saturated heterocycles. The van der Waals surface area contributed by atoms with Gasteiger partial charge in [-0.1, -0.05) is 0 Å². The Morgan fingerprint density at radius 2 is 1.33 bits per heavy atom. The minimum Gasteiger partial charge on any atom is -0.784 e. The minimum atomic E-state index is -3.11. The summed E-state index contributed by atoms with van der Waals surface area (Å²) in [7, 11) is 0. The normalized spacial score (nSPS) is 5.83. The van der Waals surface area contributed by atoms with Gasteiger partial charge in [0.25, 0.3) is 0 Å². The van der Waals surface area contributed by atoms with Gasteiger partial charge in [-0.15, -0.1) is 11.4 Å². The van der Waals surface area contributed by atoms with E-state index < -0.39 is 11.4 Å². The van der Waals surface area contributed by atoms with Crippen molar-refractivity contribution in [2.24, 2.45) is 0 Å². The summed E-state index contributed by atoms with van der Waals surface area (Å²) in [5.41, 5.74) is 0. The van der Waals surface area contributed by atoms with Crippen molar-refractivity contribution in [1.82, 2.24) is 6.15 Å². The fourth-order valence-corrected chi connectivity index (χ4v) is 0. The average Bonchev–Trinajstić information content (AvgIpc) is 0.811. The molecule has 6 heavy (non-hydrogen) atoms. The first-order chi connectivity index (χ1) is 1.73. The van der Waals surface area contributed by atoms with E-state index in [-0.39, 0.29) is 23.2 Å². The number of quaternary nitrogens is 1. The minimum absolute atomic E-state index is 0. The van der Waals surface area contributed by atoms with Gasteiger partial charge in [-0.2, -0.15) is 0 Å². The van der Waals surface area contributed by atoms with Crippen LogP contribution in [0.3, 0.4) is 0 Å². The molecular weight excluding hydrogens is 149 g/mol. The Kier molecular flexibility index (Phi) is 24.3. The Bertz CT molecular complexity index is 33.8. The zero-order valence-electron chi connectivity index (χ0n) is 3.01. The summed E-state index contributed by atoms with van der Waals surface area (Å²) in [5, 5.41) is 0. The Hall–Kier alpha value is 0.549. The predicted octanol–water partition coefficient (Wildman–Crippen LogP) is -0.630. The van der Waals surface area contributed by atoms with E-state index in [0.29, 0.717) is 0 Å². The molecule has 0 saturated carbocycles. The van der Waals surface area contributed by atoms with E-state index in [1.165, 1.54) is 0 Å². The van der Waals surface area contributed by atoms with Gasteiger partial charge in [-0.3, -0.25) is 4.21 Å². The summed E-state index contributed by atoms with van der Waals surface area (Å²) in [5.74, 6) is 0. The van der Waals surface area contributed by atoms with Crippen molar-refractivity contribution in [2.45, 2.75) is 0 Å². The second kappa shape index (κ2) is 9.12. The van der Waals surface area contributed by atoms with Crippen LogP contribution in [-0.2, 0) is 28.4 Å². The quantitative estimate of drug-likeness (QED) is 0.370. The zero-order chi connectivity index (χ0) is 3.58. The SMILES string of the molecule is O=S([O-])[O-].[Mn].[NH4+]. The Balaban J connectivity index is -0.0000000450. The molecule has 0 atom stereocenters. The molecule has 0 unspecified atom stereocenters. The third-order valence-corrected chi connectivity index (χ3v) is 0. The van der Waals surface area contributed by atoms with Crippen LogP contribution in [0.5, 0.6) is 0 Å². The van der Waals surface area contributed by atoms with Gasteiger partial charge in [0.1, 0.15) is 0 Å². The summed E-state index contributed by atoms with van der Waals surface area (Å²) >= 11 is -3.11. The van der Waals surface area contributed by atoms with Gasteiger partial charge in [0.05, 0.1) is 0 Å². The molecule has 0 bridgehead atoms. The van der Waals surface area contributed by atoms with Crippen molar-refractivity contribution < 1.29 is 30.4 Å². The first kappa shape index (κ1) is 16.0. The van der Waals surface area contributed by atoms with Crippen LogP contribution in [0.25, 0.3) is 0 Å². The molecule has 0 fully saturated rings. The van der Waals surface area contributed by atoms with Crippen LogP contribution in [0.2, 0.25) is 0 Å². The largest absolute Gasteiger partial charge is 0.784 e. The van der Waals surface area contributed by atoms with Gasteiger partial charge in [0, 0.05) is 17.1 Å². The second-order valence-electron chi connectivity index (χ2n) is 0.204. The molecule has 0 aliphatic heterocycles. The van der Waals surface area contributed by atoms with Gasteiger partial charge in [-0.25, -0.2) is 0 Å². The summed E-state index contributed by atoms with van der Waals surface area (Å²) in [6, 6.07) is 0. The van der Waals surface area contributed by atoms with Crippen molar-refractivity contribution >= 4 is 11.4 Å². The first-order valence-electron chi connectivity index (χ1n) is 0.500. The Morgan fingerprint density at radius 3 is 1.33 bits per heavy atom. The fraction of sp³-hybridized carbons (Fsp3) is 0. The summed E-state index contributed by atoms with van der Waals surface area (Å²) in [4.78, 5) is 0. The van der Waals surface area contributed by atoms with Crippen molar-refractivity contribution in [3.8, 4) is 0 Å². The zero-order valence-corrected chi connectivity index (χ0v) is 5.01. The first-order valence-corrected chi connectivity index (χ1v) is 1.50. The molecule has 0 spiro atoms. The molecule has 0 aromatic rings. The third-order valence-electron chi connectivity index (χ3n) is 0. The van der Waals surface area contributed by atoms with E-state index in [1.54, 1.807) is 0 Å². The molecule has 0 aliphatic rings. The third kappa shape index (κ3) is 190. The molecule has 0 heterocycles. The van der Waals surface area contributed by atoms with E-state index in [0.717, 1.165) is 0 Å². The van der Waals surface area contributed by atoms with Crippen molar-refractivity contribution in [3.05, 3.63) is 0 Å². The molecule has 4 nitrogen and oxygen atoms in total. The Morgan fingerprint density at radius 1 is 1.33 bits per heavy atom. The monoisotopic (exact) mass is 153 g/mol. The second-order valence-corrected chi connectivity index (χ2v) is 0.612. The van der Waals surface area contributed by atoms with Crippen LogP contribution in [0, 0.1) is 0 Å². The molecular formula is H4MnNO3S-. The molecule has 0 aromatic heterocycles. The van der Waals surface area contributed by atoms with Crippen LogP contribution in [0.15, 0.2) is 0 Å². The molecule has 0 amide bonds. The van der Waals surface area contributed by atoms with E-state index in [4.69, 9.17) is 13.3 Å². The van der Waals surface area contributed by atoms with Crippen molar-refractivity contribution in [3.63, 3.8) is 0 Å².